The smallest absolute Gasteiger partial charge is 0.249 e. The Morgan fingerprint density at radius 2 is 1.68 bits per heavy atom. The number of nitrogens with zero attached hydrogens (tertiary/aromatic N) is 6. The van der Waals surface area contributed by atoms with E-state index in [1.807, 2.05) is 42.5 Å². The fraction of sp³-hybridized carbons (Fsp3) is 0.333. The molecule has 3 rings (SSSR count). The van der Waals surface area contributed by atoms with E-state index in [2.05, 4.69) is 64.7 Å². The molecule has 0 unspecified atom stereocenters. The van der Waals surface area contributed by atoms with Gasteiger partial charge in [0.1, 0.15) is 0 Å². The fourth-order valence-electron chi connectivity index (χ4n) is 2.68. The maximum atomic E-state index is 4.44. The van der Waals surface area contributed by atoms with Crippen LogP contribution in [0.15, 0.2) is 64.8 Å². The molecule has 1 aromatic heterocycles. The summed E-state index contributed by atoms with van der Waals surface area (Å²) >= 11 is 1.25. The Hall–Kier alpha value is -2.64. The van der Waals surface area contributed by atoms with E-state index in [9.17, 15) is 0 Å². The van der Waals surface area contributed by atoms with E-state index in [-0.39, 0.29) is 0 Å². The Labute approximate surface area is 170 Å². The molecule has 0 fully saturated rings. The van der Waals surface area contributed by atoms with Gasteiger partial charge in [0.2, 0.25) is 5.13 Å². The molecular formula is C21H27N6S+. The van der Waals surface area contributed by atoms with Crippen molar-refractivity contribution in [1.82, 2.24) is 9.36 Å². The molecule has 2 aromatic carbocycles. The van der Waals surface area contributed by atoms with E-state index in [1.165, 1.54) is 17.2 Å². The Kier molecular flexibility index (Phi) is 6.49. The minimum Gasteiger partial charge on any atom is -0.366 e. The van der Waals surface area contributed by atoms with Crippen LogP contribution in [0, 0.1) is 0 Å². The van der Waals surface area contributed by atoms with Crippen LogP contribution in [0.5, 0.6) is 0 Å². The molecule has 28 heavy (non-hydrogen) atoms. The quantitative estimate of drug-likeness (QED) is 0.391. The van der Waals surface area contributed by atoms with Gasteiger partial charge in [-0.2, -0.15) is 9.36 Å². The first-order valence-electron chi connectivity index (χ1n) is 9.41. The molecule has 0 amide bonds. The molecule has 0 aliphatic carbocycles. The molecule has 1 heterocycles. The summed E-state index contributed by atoms with van der Waals surface area (Å²) in [7, 11) is 6.65. The molecule has 0 saturated heterocycles. The van der Waals surface area contributed by atoms with Gasteiger partial charge >= 0.3 is 0 Å². The monoisotopic (exact) mass is 395 g/mol. The van der Waals surface area contributed by atoms with Gasteiger partial charge in [-0.25, -0.2) is 0 Å². The molecule has 146 valence electrons. The summed E-state index contributed by atoms with van der Waals surface area (Å²) in [6.45, 7) is 5.28. The number of aromatic nitrogens is 2. The van der Waals surface area contributed by atoms with Gasteiger partial charge in [-0.15, -0.1) is 10.2 Å². The van der Waals surface area contributed by atoms with Crippen LogP contribution in [0.25, 0.3) is 11.4 Å². The van der Waals surface area contributed by atoms with Crippen molar-refractivity contribution in [3.63, 3.8) is 0 Å². The lowest BCUT2D eigenvalue weighted by Gasteiger charge is -2.29. The maximum absolute atomic E-state index is 4.44. The minimum absolute atomic E-state index is 0.557. The highest BCUT2D eigenvalue weighted by Gasteiger charge is 2.11. The number of azo groups is 1. The first-order chi connectivity index (χ1) is 13.4. The van der Waals surface area contributed by atoms with Gasteiger partial charge < -0.3 is 9.38 Å². The van der Waals surface area contributed by atoms with Crippen molar-refractivity contribution in [1.29, 1.82) is 0 Å². The Balaban J connectivity index is 1.64. The lowest BCUT2D eigenvalue weighted by molar-refractivity contribution is -0.868. The zero-order valence-corrected chi connectivity index (χ0v) is 17.7. The number of rotatable bonds is 8. The first kappa shape index (κ1) is 20.1. The van der Waals surface area contributed by atoms with Gasteiger partial charge in [0.15, 0.2) is 5.82 Å². The highest BCUT2D eigenvalue weighted by atomic mass is 32.1. The highest BCUT2D eigenvalue weighted by molar-refractivity contribution is 7.09. The Morgan fingerprint density at radius 3 is 2.32 bits per heavy atom. The molecule has 3 aromatic rings. The van der Waals surface area contributed by atoms with Crippen molar-refractivity contribution < 1.29 is 4.48 Å². The van der Waals surface area contributed by atoms with E-state index in [0.29, 0.717) is 11.0 Å². The molecule has 0 aliphatic rings. The third-order valence-electron chi connectivity index (χ3n) is 4.34. The second-order valence-electron chi connectivity index (χ2n) is 7.58. The summed E-state index contributed by atoms with van der Waals surface area (Å²) in [5, 5.41) is 9.10. The van der Waals surface area contributed by atoms with E-state index in [1.54, 1.807) is 0 Å². The van der Waals surface area contributed by atoms with Crippen LogP contribution in [-0.2, 0) is 0 Å². The van der Waals surface area contributed by atoms with Gasteiger partial charge in [-0.05, 0) is 31.2 Å². The molecular weight excluding hydrogens is 368 g/mol. The second-order valence-corrected chi connectivity index (χ2v) is 8.31. The molecule has 0 N–H and O–H groups in total. The maximum Gasteiger partial charge on any atom is 0.249 e. The zero-order valence-electron chi connectivity index (χ0n) is 16.9. The van der Waals surface area contributed by atoms with Crippen molar-refractivity contribution in [3.8, 4) is 11.4 Å². The van der Waals surface area contributed by atoms with E-state index >= 15 is 0 Å². The molecule has 0 saturated carbocycles. The molecule has 0 spiro atoms. The molecule has 0 atom stereocenters. The van der Waals surface area contributed by atoms with Crippen LogP contribution in [0.1, 0.15) is 6.92 Å². The fourth-order valence-corrected chi connectivity index (χ4v) is 3.20. The summed E-state index contributed by atoms with van der Waals surface area (Å²) in [6.07, 6.45) is 0. The van der Waals surface area contributed by atoms with Crippen molar-refractivity contribution in [3.05, 3.63) is 54.6 Å². The predicted octanol–water partition coefficient (Wildman–Crippen LogP) is 5.15. The van der Waals surface area contributed by atoms with Gasteiger partial charge in [0, 0.05) is 29.3 Å². The summed E-state index contributed by atoms with van der Waals surface area (Å²) in [5.74, 6) is 0.686. The molecule has 0 radical (unpaired) electrons. The standard InChI is InChI=1S/C21H27N6S/c1-5-26(15-16-27(2,3)4)19-13-11-18(12-14-19)23-24-21-22-20(25-28-21)17-9-7-6-8-10-17/h6-14H,5,15-16H2,1-4H3/q+1/b24-23+. The topological polar surface area (TPSA) is 53.7 Å². The molecule has 0 aliphatic heterocycles. The summed E-state index contributed by atoms with van der Waals surface area (Å²) < 4.78 is 5.31. The third kappa shape index (κ3) is 5.68. The van der Waals surface area contributed by atoms with Crippen molar-refractivity contribution in [2.45, 2.75) is 6.92 Å². The Bertz CT molecular complexity index is 897. The Morgan fingerprint density at radius 1 is 0.964 bits per heavy atom. The van der Waals surface area contributed by atoms with E-state index in [4.69, 9.17) is 0 Å². The van der Waals surface area contributed by atoms with Crippen LogP contribution in [0.3, 0.4) is 0 Å². The number of hydrogen-bond donors (Lipinski definition) is 0. The SMILES string of the molecule is CCN(CC[N+](C)(C)C)c1ccc(/N=N/c2nc(-c3ccccc3)ns2)cc1. The van der Waals surface area contributed by atoms with Crippen molar-refractivity contribution in [2.24, 2.45) is 10.2 Å². The normalized spacial score (nSPS) is 11.9. The van der Waals surface area contributed by atoms with Gasteiger partial charge in [0.05, 0.1) is 39.9 Å². The van der Waals surface area contributed by atoms with E-state index < -0.39 is 0 Å². The molecule has 7 heteroatoms. The van der Waals surface area contributed by atoms with Crippen molar-refractivity contribution in [2.75, 3.05) is 45.7 Å². The van der Waals surface area contributed by atoms with Crippen LogP contribution < -0.4 is 4.90 Å². The number of hydrogen-bond acceptors (Lipinski definition) is 6. The van der Waals surface area contributed by atoms with Gasteiger partial charge in [0.25, 0.3) is 0 Å². The molecule has 6 nitrogen and oxygen atoms in total. The average Bonchev–Trinajstić information content (AvgIpc) is 3.17. The van der Waals surface area contributed by atoms with Crippen LogP contribution in [-0.4, -0.2) is 54.6 Å². The summed E-state index contributed by atoms with van der Waals surface area (Å²) in [5.41, 5.74) is 3.00. The summed E-state index contributed by atoms with van der Waals surface area (Å²) in [4.78, 5) is 6.82. The number of benzene rings is 2. The number of anilines is 1. The van der Waals surface area contributed by atoms with Crippen LogP contribution in [0.4, 0.5) is 16.5 Å². The zero-order chi connectivity index (χ0) is 20.0. The minimum atomic E-state index is 0.557. The van der Waals surface area contributed by atoms with E-state index in [0.717, 1.165) is 35.4 Å². The number of quaternary nitrogens is 1. The second kappa shape index (κ2) is 9.03. The average molecular weight is 396 g/mol. The lowest BCUT2D eigenvalue weighted by atomic mass is 10.2. The van der Waals surface area contributed by atoms with Crippen LogP contribution >= 0.6 is 11.5 Å². The van der Waals surface area contributed by atoms with Gasteiger partial charge in [-0.3, -0.25) is 0 Å². The first-order valence-corrected chi connectivity index (χ1v) is 10.2. The largest absolute Gasteiger partial charge is 0.366 e. The number of likely N-dealkylation sites (N-methyl/N-ethyl adjacent to an activating group) is 2. The van der Waals surface area contributed by atoms with Gasteiger partial charge in [-0.1, -0.05) is 30.3 Å². The third-order valence-corrected chi connectivity index (χ3v) is 4.94. The summed E-state index contributed by atoms with van der Waals surface area (Å²) in [6, 6.07) is 18.1. The molecule has 0 bridgehead atoms. The lowest BCUT2D eigenvalue weighted by Crippen LogP contribution is -2.42. The predicted molar refractivity (Wildman–Crippen MR) is 117 cm³/mol. The van der Waals surface area contributed by atoms with Crippen LogP contribution in [0.2, 0.25) is 0 Å². The highest BCUT2D eigenvalue weighted by Crippen LogP contribution is 2.26. The van der Waals surface area contributed by atoms with Crippen molar-refractivity contribution >= 4 is 28.0 Å².